The van der Waals surface area contributed by atoms with Crippen LogP contribution in [0.4, 0.5) is 4.79 Å². The van der Waals surface area contributed by atoms with Gasteiger partial charge in [-0.1, -0.05) is 13.8 Å². The minimum Gasteiger partial charge on any atom is -0.352 e. The van der Waals surface area contributed by atoms with E-state index >= 15 is 0 Å². The second-order valence-electron chi connectivity index (χ2n) is 3.97. The zero-order valence-corrected chi connectivity index (χ0v) is 7.84. The van der Waals surface area contributed by atoms with Crippen molar-refractivity contribution in [3.63, 3.8) is 0 Å². The summed E-state index contributed by atoms with van der Waals surface area (Å²) in [5.74, 6) is 1.49. The van der Waals surface area contributed by atoms with Gasteiger partial charge in [-0.2, -0.15) is 0 Å². The van der Waals surface area contributed by atoms with E-state index in [4.69, 9.17) is 5.73 Å². The molecule has 0 heterocycles. The Balaban J connectivity index is 2.35. The molecule has 0 saturated heterocycles. The second-order valence-corrected chi connectivity index (χ2v) is 3.97. The third-order valence-corrected chi connectivity index (χ3v) is 2.94. The fourth-order valence-corrected chi connectivity index (χ4v) is 1.88. The first-order valence-corrected chi connectivity index (χ1v) is 4.65. The topological polar surface area (TPSA) is 55.1 Å². The van der Waals surface area contributed by atoms with Crippen LogP contribution in [0.2, 0.25) is 0 Å². The van der Waals surface area contributed by atoms with Crippen LogP contribution in [0.15, 0.2) is 0 Å². The molecular formula is C9H18N2O. The molecule has 3 atom stereocenters. The molecule has 0 spiro atoms. The lowest BCUT2D eigenvalue weighted by atomic mass is 9.79. The van der Waals surface area contributed by atoms with Gasteiger partial charge in [0.15, 0.2) is 0 Å². The highest BCUT2D eigenvalue weighted by Gasteiger charge is 2.24. The number of hydrogen-bond donors (Lipinski definition) is 2. The number of rotatable bonds is 1. The average Bonchev–Trinajstić information content (AvgIpc) is 1.96. The van der Waals surface area contributed by atoms with Crippen molar-refractivity contribution in [2.24, 2.45) is 17.6 Å². The Hall–Kier alpha value is -0.730. The Bertz CT molecular complexity index is 170. The van der Waals surface area contributed by atoms with Gasteiger partial charge in [0.25, 0.3) is 0 Å². The summed E-state index contributed by atoms with van der Waals surface area (Å²) in [7, 11) is 0. The summed E-state index contributed by atoms with van der Waals surface area (Å²) in [6.45, 7) is 4.50. The molecule has 1 aliphatic rings. The van der Waals surface area contributed by atoms with Crippen LogP contribution in [0.1, 0.15) is 33.1 Å². The number of nitrogens with one attached hydrogen (secondary N) is 1. The van der Waals surface area contributed by atoms with Crippen molar-refractivity contribution >= 4 is 6.03 Å². The van der Waals surface area contributed by atoms with Gasteiger partial charge in [0.2, 0.25) is 0 Å². The summed E-state index contributed by atoms with van der Waals surface area (Å²) in [4.78, 5) is 10.6. The monoisotopic (exact) mass is 170 g/mol. The first-order chi connectivity index (χ1) is 5.59. The van der Waals surface area contributed by atoms with E-state index in [9.17, 15) is 4.79 Å². The van der Waals surface area contributed by atoms with E-state index in [0.29, 0.717) is 12.0 Å². The molecule has 3 N–H and O–H groups in total. The molecule has 12 heavy (non-hydrogen) atoms. The van der Waals surface area contributed by atoms with Gasteiger partial charge in [-0.3, -0.25) is 0 Å². The highest BCUT2D eigenvalue weighted by atomic mass is 16.2. The maximum Gasteiger partial charge on any atom is 0.312 e. The first kappa shape index (κ1) is 9.36. The molecule has 1 fully saturated rings. The molecule has 1 saturated carbocycles. The van der Waals surface area contributed by atoms with E-state index in [1.807, 2.05) is 0 Å². The number of nitrogens with two attached hydrogens (primary N) is 1. The molecule has 2 amide bonds. The minimum absolute atomic E-state index is 0.314. The molecular weight excluding hydrogens is 152 g/mol. The zero-order valence-electron chi connectivity index (χ0n) is 7.84. The summed E-state index contributed by atoms with van der Waals surface area (Å²) in [6.07, 6.45) is 3.35. The Morgan fingerprint density at radius 3 is 2.50 bits per heavy atom. The van der Waals surface area contributed by atoms with E-state index in [1.165, 1.54) is 6.42 Å². The number of carbonyl (C=O) groups is 1. The van der Waals surface area contributed by atoms with Crippen molar-refractivity contribution in [2.45, 2.75) is 39.2 Å². The highest BCUT2D eigenvalue weighted by Crippen LogP contribution is 2.28. The van der Waals surface area contributed by atoms with Crippen molar-refractivity contribution in [1.82, 2.24) is 5.32 Å². The van der Waals surface area contributed by atoms with Gasteiger partial charge in [-0.05, 0) is 31.1 Å². The Morgan fingerprint density at radius 2 is 2.00 bits per heavy atom. The van der Waals surface area contributed by atoms with Crippen molar-refractivity contribution in [3.05, 3.63) is 0 Å². The smallest absolute Gasteiger partial charge is 0.312 e. The van der Waals surface area contributed by atoms with E-state index < -0.39 is 0 Å². The maximum absolute atomic E-state index is 10.6. The molecule has 0 bridgehead atoms. The SMILES string of the molecule is CC1CCC(NC(N)=O)CC1C. The number of hydrogen-bond acceptors (Lipinski definition) is 1. The molecule has 70 valence electrons. The van der Waals surface area contributed by atoms with Gasteiger partial charge in [0.1, 0.15) is 0 Å². The van der Waals surface area contributed by atoms with Crippen molar-refractivity contribution in [2.75, 3.05) is 0 Å². The fraction of sp³-hybridized carbons (Fsp3) is 0.889. The summed E-state index contributed by atoms with van der Waals surface area (Å²) in [5, 5.41) is 2.77. The standard InChI is InChI=1S/C9H18N2O/c1-6-3-4-8(5-7(6)2)11-9(10)12/h6-8H,3-5H2,1-2H3,(H3,10,11,12). The lowest BCUT2D eigenvalue weighted by Crippen LogP contribution is -2.42. The van der Waals surface area contributed by atoms with Crippen LogP contribution in [0.25, 0.3) is 0 Å². The molecule has 3 nitrogen and oxygen atoms in total. The van der Waals surface area contributed by atoms with Crippen molar-refractivity contribution in [1.29, 1.82) is 0 Å². The number of amides is 2. The quantitative estimate of drug-likeness (QED) is 0.615. The van der Waals surface area contributed by atoms with Gasteiger partial charge in [0.05, 0.1) is 0 Å². The highest BCUT2D eigenvalue weighted by molar-refractivity contribution is 5.71. The van der Waals surface area contributed by atoms with Gasteiger partial charge in [-0.25, -0.2) is 4.79 Å². The molecule has 1 rings (SSSR count). The molecule has 1 aliphatic carbocycles. The zero-order chi connectivity index (χ0) is 9.14. The molecule has 0 aromatic rings. The molecule has 0 aromatic heterocycles. The first-order valence-electron chi connectivity index (χ1n) is 4.65. The minimum atomic E-state index is -0.387. The maximum atomic E-state index is 10.6. The van der Waals surface area contributed by atoms with Gasteiger partial charge >= 0.3 is 6.03 Å². The van der Waals surface area contributed by atoms with Crippen LogP contribution >= 0.6 is 0 Å². The van der Waals surface area contributed by atoms with Crippen LogP contribution in [-0.2, 0) is 0 Å². The van der Waals surface area contributed by atoms with E-state index in [-0.39, 0.29) is 6.03 Å². The molecule has 3 heteroatoms. The Morgan fingerprint density at radius 1 is 1.33 bits per heavy atom. The van der Waals surface area contributed by atoms with Gasteiger partial charge < -0.3 is 11.1 Å². The third kappa shape index (κ3) is 2.40. The average molecular weight is 170 g/mol. The summed E-state index contributed by atoms with van der Waals surface area (Å²) >= 11 is 0. The van der Waals surface area contributed by atoms with Gasteiger partial charge in [0, 0.05) is 6.04 Å². The Labute approximate surface area is 73.7 Å². The van der Waals surface area contributed by atoms with E-state index in [1.54, 1.807) is 0 Å². The van der Waals surface area contributed by atoms with Gasteiger partial charge in [-0.15, -0.1) is 0 Å². The summed E-state index contributed by atoms with van der Waals surface area (Å²) in [5.41, 5.74) is 5.05. The normalized spacial score (nSPS) is 36.0. The molecule has 3 unspecified atom stereocenters. The predicted octanol–water partition coefficient (Wildman–Crippen LogP) is 1.48. The van der Waals surface area contributed by atoms with E-state index in [2.05, 4.69) is 19.2 Å². The van der Waals surface area contributed by atoms with Crippen molar-refractivity contribution in [3.8, 4) is 0 Å². The van der Waals surface area contributed by atoms with E-state index in [0.717, 1.165) is 18.8 Å². The largest absolute Gasteiger partial charge is 0.352 e. The van der Waals surface area contributed by atoms with Crippen LogP contribution in [0.3, 0.4) is 0 Å². The fourth-order valence-electron chi connectivity index (χ4n) is 1.88. The lowest BCUT2D eigenvalue weighted by molar-refractivity contribution is 0.213. The lowest BCUT2D eigenvalue weighted by Gasteiger charge is -2.31. The van der Waals surface area contributed by atoms with Crippen molar-refractivity contribution < 1.29 is 4.79 Å². The van der Waals surface area contributed by atoms with Crippen LogP contribution in [-0.4, -0.2) is 12.1 Å². The van der Waals surface area contributed by atoms with Crippen LogP contribution < -0.4 is 11.1 Å². The Kier molecular flexibility index (Phi) is 2.95. The molecule has 0 aromatic carbocycles. The van der Waals surface area contributed by atoms with Crippen LogP contribution in [0, 0.1) is 11.8 Å². The summed E-state index contributed by atoms with van der Waals surface area (Å²) < 4.78 is 0. The number of primary amides is 1. The predicted molar refractivity (Wildman–Crippen MR) is 48.7 cm³/mol. The third-order valence-electron chi connectivity index (χ3n) is 2.94. The second kappa shape index (κ2) is 3.78. The summed E-state index contributed by atoms with van der Waals surface area (Å²) in [6, 6.07) is -0.0737. The number of carbonyl (C=O) groups excluding carboxylic acids is 1. The van der Waals surface area contributed by atoms with Crippen LogP contribution in [0.5, 0.6) is 0 Å². The molecule has 0 aliphatic heterocycles. The number of urea groups is 1. The molecule has 0 radical (unpaired) electrons.